The van der Waals surface area contributed by atoms with Crippen LogP contribution >= 0.6 is 0 Å². The van der Waals surface area contributed by atoms with Gasteiger partial charge in [0.15, 0.2) is 0 Å². The second-order valence-corrected chi connectivity index (χ2v) is 2.84. The third kappa shape index (κ3) is 1.52. The van der Waals surface area contributed by atoms with Crippen molar-refractivity contribution in [2.24, 2.45) is 0 Å². The number of hydrogen-bond donors (Lipinski definition) is 5. The summed E-state index contributed by atoms with van der Waals surface area (Å²) in [6, 6.07) is 0. The van der Waals surface area contributed by atoms with Crippen molar-refractivity contribution in [3.63, 3.8) is 0 Å². The maximum absolute atomic E-state index is 8.97. The first-order valence-electron chi connectivity index (χ1n) is 3.44. The smallest absolute Gasteiger partial charge is 0.111 e. The molecule has 1 rings (SSSR count). The molecule has 0 saturated heterocycles. The van der Waals surface area contributed by atoms with Crippen LogP contribution in [0.1, 0.15) is 6.42 Å². The lowest BCUT2D eigenvalue weighted by Gasteiger charge is -2.35. The molecule has 3 unspecified atom stereocenters. The number of aliphatic hydroxyl groups excluding tert-OH is 5. The monoisotopic (exact) mass is 164 g/mol. The van der Waals surface area contributed by atoms with Gasteiger partial charge in [-0.1, -0.05) is 0 Å². The van der Waals surface area contributed by atoms with Gasteiger partial charge in [0.05, 0.1) is 12.2 Å². The average molecular weight is 164 g/mol. The number of hydrogen-bond acceptors (Lipinski definition) is 5. The van der Waals surface area contributed by atoms with Crippen molar-refractivity contribution in [3.05, 3.63) is 0 Å². The molecule has 1 aliphatic rings. The minimum absolute atomic E-state index is 0.112. The Kier molecular flexibility index (Phi) is 2.46. The van der Waals surface area contributed by atoms with Gasteiger partial charge in [0, 0.05) is 6.42 Å². The van der Waals surface area contributed by atoms with E-state index in [1.165, 1.54) is 0 Å². The summed E-state index contributed by atoms with van der Waals surface area (Å²) in [6.07, 6.45) is -6.64. The van der Waals surface area contributed by atoms with E-state index in [0.29, 0.717) is 0 Å². The van der Waals surface area contributed by atoms with Gasteiger partial charge in [-0.2, -0.15) is 0 Å². The maximum atomic E-state index is 8.97. The summed E-state index contributed by atoms with van der Waals surface area (Å²) in [5, 5.41) is 44.8. The fraction of sp³-hybridized carbons (Fsp3) is 1.00. The SMILES string of the molecule is OC1C[C@@H](O)C(O)C(O)[C@@H]1O. The van der Waals surface area contributed by atoms with Gasteiger partial charge in [0.1, 0.15) is 18.3 Å². The van der Waals surface area contributed by atoms with Crippen LogP contribution in [0, 0.1) is 0 Å². The first-order valence-corrected chi connectivity index (χ1v) is 3.44. The van der Waals surface area contributed by atoms with E-state index in [9.17, 15) is 0 Å². The van der Waals surface area contributed by atoms with Crippen molar-refractivity contribution in [2.45, 2.75) is 36.9 Å². The van der Waals surface area contributed by atoms with Gasteiger partial charge in [-0.3, -0.25) is 0 Å². The molecule has 1 saturated carbocycles. The minimum atomic E-state index is -1.46. The van der Waals surface area contributed by atoms with E-state index in [-0.39, 0.29) is 6.42 Å². The van der Waals surface area contributed by atoms with Crippen molar-refractivity contribution in [1.82, 2.24) is 0 Å². The molecule has 5 heteroatoms. The largest absolute Gasteiger partial charge is 0.390 e. The molecule has 0 aliphatic heterocycles. The third-order valence-corrected chi connectivity index (χ3v) is 1.97. The molecule has 0 amide bonds. The number of aliphatic hydroxyl groups is 5. The summed E-state index contributed by atoms with van der Waals surface area (Å²) < 4.78 is 0. The zero-order chi connectivity index (χ0) is 8.59. The van der Waals surface area contributed by atoms with Gasteiger partial charge in [0.25, 0.3) is 0 Å². The highest BCUT2D eigenvalue weighted by Crippen LogP contribution is 2.20. The van der Waals surface area contributed by atoms with Crippen LogP contribution in [0.2, 0.25) is 0 Å². The highest BCUT2D eigenvalue weighted by Gasteiger charge is 2.40. The fourth-order valence-electron chi connectivity index (χ4n) is 1.18. The zero-order valence-electron chi connectivity index (χ0n) is 5.83. The predicted molar refractivity (Wildman–Crippen MR) is 34.7 cm³/mol. The maximum Gasteiger partial charge on any atom is 0.111 e. The molecule has 0 aromatic heterocycles. The van der Waals surface area contributed by atoms with Crippen LogP contribution < -0.4 is 0 Å². The molecule has 1 aliphatic carbocycles. The Hall–Kier alpha value is -0.200. The van der Waals surface area contributed by atoms with Crippen molar-refractivity contribution in [3.8, 4) is 0 Å². The molecule has 0 spiro atoms. The molecule has 1 fully saturated rings. The Balaban J connectivity index is 2.63. The quantitative estimate of drug-likeness (QED) is 0.266. The highest BCUT2D eigenvalue weighted by molar-refractivity contribution is 4.92. The molecule has 5 atom stereocenters. The Morgan fingerprint density at radius 3 is 1.36 bits per heavy atom. The van der Waals surface area contributed by atoms with Crippen molar-refractivity contribution >= 4 is 0 Å². The fourth-order valence-corrected chi connectivity index (χ4v) is 1.18. The van der Waals surface area contributed by atoms with Crippen LogP contribution in [0.5, 0.6) is 0 Å². The lowest BCUT2D eigenvalue weighted by molar-refractivity contribution is -0.176. The summed E-state index contributed by atoms with van der Waals surface area (Å²) in [7, 11) is 0. The molecule has 66 valence electrons. The molecule has 5 N–H and O–H groups in total. The summed E-state index contributed by atoms with van der Waals surface area (Å²) in [5.74, 6) is 0. The first-order chi connectivity index (χ1) is 5.04. The van der Waals surface area contributed by atoms with Crippen LogP contribution in [0.4, 0.5) is 0 Å². The molecule has 0 bridgehead atoms. The van der Waals surface area contributed by atoms with Crippen LogP contribution in [0.15, 0.2) is 0 Å². The summed E-state index contributed by atoms with van der Waals surface area (Å²) in [4.78, 5) is 0. The molecule has 0 heterocycles. The van der Waals surface area contributed by atoms with Gasteiger partial charge in [0.2, 0.25) is 0 Å². The summed E-state index contributed by atoms with van der Waals surface area (Å²) >= 11 is 0. The topological polar surface area (TPSA) is 101 Å². The third-order valence-electron chi connectivity index (χ3n) is 1.97. The Labute approximate surface area is 63.5 Å². The van der Waals surface area contributed by atoms with E-state index in [1.54, 1.807) is 0 Å². The van der Waals surface area contributed by atoms with E-state index >= 15 is 0 Å². The van der Waals surface area contributed by atoms with Crippen LogP contribution in [-0.4, -0.2) is 56.1 Å². The molecule has 0 aromatic rings. The lowest BCUT2D eigenvalue weighted by atomic mass is 9.87. The minimum Gasteiger partial charge on any atom is -0.390 e. The molecule has 5 nitrogen and oxygen atoms in total. The lowest BCUT2D eigenvalue weighted by Crippen LogP contribution is -2.55. The van der Waals surface area contributed by atoms with Gasteiger partial charge in [-0.25, -0.2) is 0 Å². The number of rotatable bonds is 0. The molecule has 0 radical (unpaired) electrons. The summed E-state index contributed by atoms with van der Waals surface area (Å²) in [5.41, 5.74) is 0. The molecule has 11 heavy (non-hydrogen) atoms. The van der Waals surface area contributed by atoms with Gasteiger partial charge < -0.3 is 25.5 Å². The van der Waals surface area contributed by atoms with Crippen molar-refractivity contribution < 1.29 is 25.5 Å². The Morgan fingerprint density at radius 1 is 0.636 bits per heavy atom. The van der Waals surface area contributed by atoms with Gasteiger partial charge in [-0.05, 0) is 0 Å². The van der Waals surface area contributed by atoms with Crippen LogP contribution in [-0.2, 0) is 0 Å². The van der Waals surface area contributed by atoms with Gasteiger partial charge in [-0.15, -0.1) is 0 Å². The van der Waals surface area contributed by atoms with E-state index in [2.05, 4.69) is 0 Å². The molecule has 0 aromatic carbocycles. The standard InChI is InChI=1S/C6H12O5/c7-2-1-3(8)5(10)6(11)4(2)9/h2-11H,1H2/t2-,3?,4?,5-,6?/m1/s1. The van der Waals surface area contributed by atoms with Gasteiger partial charge >= 0.3 is 0 Å². The van der Waals surface area contributed by atoms with Crippen LogP contribution in [0.25, 0.3) is 0 Å². The highest BCUT2D eigenvalue weighted by atomic mass is 16.4. The average Bonchev–Trinajstić information content (AvgIpc) is 1.97. The van der Waals surface area contributed by atoms with E-state index in [4.69, 9.17) is 25.5 Å². The predicted octanol–water partition coefficient (Wildman–Crippen LogP) is -2.81. The van der Waals surface area contributed by atoms with Crippen molar-refractivity contribution in [2.75, 3.05) is 0 Å². The molecular formula is C6H12O5. The van der Waals surface area contributed by atoms with Crippen LogP contribution in [0.3, 0.4) is 0 Å². The van der Waals surface area contributed by atoms with E-state index in [0.717, 1.165) is 0 Å². The Morgan fingerprint density at radius 2 is 1.00 bits per heavy atom. The molecular weight excluding hydrogens is 152 g/mol. The Bertz CT molecular complexity index is 125. The normalized spacial score (nSPS) is 52.6. The first kappa shape index (κ1) is 8.89. The summed E-state index contributed by atoms with van der Waals surface area (Å²) in [6.45, 7) is 0. The van der Waals surface area contributed by atoms with E-state index in [1.807, 2.05) is 0 Å². The second-order valence-electron chi connectivity index (χ2n) is 2.84. The van der Waals surface area contributed by atoms with Crippen molar-refractivity contribution in [1.29, 1.82) is 0 Å². The zero-order valence-corrected chi connectivity index (χ0v) is 5.83. The van der Waals surface area contributed by atoms with E-state index < -0.39 is 30.5 Å². The second kappa shape index (κ2) is 3.04.